The minimum atomic E-state index is -0.168. The summed E-state index contributed by atoms with van der Waals surface area (Å²) in [6.07, 6.45) is 1.01. The van der Waals surface area contributed by atoms with Crippen LogP contribution in [0.25, 0.3) is 0 Å². The number of amides is 1. The molecule has 4 nitrogen and oxygen atoms in total. The third-order valence-electron chi connectivity index (χ3n) is 4.14. The van der Waals surface area contributed by atoms with Crippen molar-refractivity contribution >= 4 is 6.09 Å². The lowest BCUT2D eigenvalue weighted by Crippen LogP contribution is -2.35. The van der Waals surface area contributed by atoms with Crippen molar-refractivity contribution in [1.82, 2.24) is 10.2 Å². The van der Waals surface area contributed by atoms with Crippen LogP contribution in [0.1, 0.15) is 12.0 Å². The van der Waals surface area contributed by atoms with E-state index < -0.39 is 0 Å². The molecule has 0 aliphatic carbocycles. The molecule has 2 saturated heterocycles. The van der Waals surface area contributed by atoms with Crippen molar-refractivity contribution in [3.05, 3.63) is 35.9 Å². The number of hydrogen-bond acceptors (Lipinski definition) is 3. The molecule has 1 aromatic rings. The number of ether oxygens (including phenoxy) is 1. The second-order valence-electron chi connectivity index (χ2n) is 5.46. The van der Waals surface area contributed by atoms with Crippen LogP contribution in [0.3, 0.4) is 0 Å². The fourth-order valence-corrected chi connectivity index (χ4v) is 3.03. The molecule has 1 N–H and O–H groups in total. The second kappa shape index (κ2) is 5.61. The van der Waals surface area contributed by atoms with Crippen LogP contribution in [-0.4, -0.2) is 37.2 Å². The van der Waals surface area contributed by atoms with Crippen LogP contribution in [0, 0.1) is 11.8 Å². The summed E-state index contributed by atoms with van der Waals surface area (Å²) in [6, 6.07) is 9.82. The number of carbonyl (C=O) groups is 1. The molecule has 2 aliphatic heterocycles. The van der Waals surface area contributed by atoms with Gasteiger partial charge in [-0.2, -0.15) is 0 Å². The van der Waals surface area contributed by atoms with Crippen molar-refractivity contribution in [2.24, 2.45) is 11.8 Å². The molecule has 19 heavy (non-hydrogen) atoms. The summed E-state index contributed by atoms with van der Waals surface area (Å²) in [5.41, 5.74) is 1.04. The molecule has 2 fully saturated rings. The van der Waals surface area contributed by atoms with E-state index in [0.29, 0.717) is 18.4 Å². The van der Waals surface area contributed by atoms with Gasteiger partial charge in [0.05, 0.1) is 0 Å². The SMILES string of the molecule is O=C(OCc1ccccc1)N1CC2CCNCC2C1. The third kappa shape index (κ3) is 2.89. The summed E-state index contributed by atoms with van der Waals surface area (Å²) in [5.74, 6) is 1.27. The maximum atomic E-state index is 12.0. The van der Waals surface area contributed by atoms with Crippen molar-refractivity contribution in [2.45, 2.75) is 13.0 Å². The molecule has 2 unspecified atom stereocenters. The highest BCUT2D eigenvalue weighted by molar-refractivity contribution is 5.68. The molecule has 4 heteroatoms. The van der Waals surface area contributed by atoms with Crippen LogP contribution < -0.4 is 5.32 Å². The maximum Gasteiger partial charge on any atom is 0.410 e. The van der Waals surface area contributed by atoms with E-state index in [2.05, 4.69) is 5.32 Å². The van der Waals surface area contributed by atoms with Crippen LogP contribution in [0.4, 0.5) is 4.79 Å². The highest BCUT2D eigenvalue weighted by Crippen LogP contribution is 2.28. The second-order valence-corrected chi connectivity index (χ2v) is 5.46. The normalized spacial score (nSPS) is 26.0. The zero-order valence-corrected chi connectivity index (χ0v) is 11.0. The Morgan fingerprint density at radius 2 is 2.05 bits per heavy atom. The Balaban J connectivity index is 1.51. The number of hydrogen-bond donors (Lipinski definition) is 1. The monoisotopic (exact) mass is 260 g/mol. The first-order valence-corrected chi connectivity index (χ1v) is 6.99. The number of likely N-dealkylation sites (tertiary alicyclic amines) is 1. The Morgan fingerprint density at radius 1 is 1.26 bits per heavy atom. The molecule has 2 atom stereocenters. The molecular weight excluding hydrogens is 240 g/mol. The summed E-state index contributed by atoms with van der Waals surface area (Å²) in [7, 11) is 0. The third-order valence-corrected chi connectivity index (χ3v) is 4.14. The largest absolute Gasteiger partial charge is 0.445 e. The topological polar surface area (TPSA) is 41.6 Å². The lowest BCUT2D eigenvalue weighted by atomic mass is 9.90. The summed E-state index contributed by atoms with van der Waals surface area (Å²) < 4.78 is 5.38. The molecule has 0 spiro atoms. The Labute approximate surface area is 113 Å². The predicted molar refractivity (Wildman–Crippen MR) is 72.7 cm³/mol. The van der Waals surface area contributed by atoms with Crippen molar-refractivity contribution in [3.63, 3.8) is 0 Å². The standard InChI is InChI=1S/C15H20N2O2/c18-15(19-11-12-4-2-1-3-5-12)17-9-13-6-7-16-8-14(13)10-17/h1-5,13-14,16H,6-11H2. The molecular formula is C15H20N2O2. The highest BCUT2D eigenvalue weighted by atomic mass is 16.6. The van der Waals surface area contributed by atoms with Crippen molar-refractivity contribution in [3.8, 4) is 0 Å². The highest BCUT2D eigenvalue weighted by Gasteiger charge is 2.37. The van der Waals surface area contributed by atoms with Gasteiger partial charge in [-0.25, -0.2) is 4.79 Å². The molecule has 0 radical (unpaired) electrons. The van der Waals surface area contributed by atoms with Gasteiger partial charge in [0, 0.05) is 13.1 Å². The molecule has 2 heterocycles. The summed E-state index contributed by atoms with van der Waals surface area (Å²) in [6.45, 7) is 4.18. The van der Waals surface area contributed by atoms with Gasteiger partial charge in [0.25, 0.3) is 0 Å². The first kappa shape index (κ1) is 12.5. The summed E-state index contributed by atoms with van der Waals surface area (Å²) in [4.78, 5) is 13.9. The van der Waals surface area contributed by atoms with Crippen molar-refractivity contribution in [1.29, 1.82) is 0 Å². The molecule has 0 bridgehead atoms. The van der Waals surface area contributed by atoms with Gasteiger partial charge >= 0.3 is 6.09 Å². The van der Waals surface area contributed by atoms with Crippen LogP contribution in [0.5, 0.6) is 0 Å². The van der Waals surface area contributed by atoms with E-state index >= 15 is 0 Å². The van der Waals surface area contributed by atoms with E-state index in [0.717, 1.165) is 31.7 Å². The fraction of sp³-hybridized carbons (Fsp3) is 0.533. The molecule has 2 aliphatic rings. The average molecular weight is 260 g/mol. The zero-order chi connectivity index (χ0) is 13.1. The minimum absolute atomic E-state index is 0.168. The number of rotatable bonds is 2. The number of nitrogens with zero attached hydrogens (tertiary/aromatic N) is 1. The predicted octanol–water partition coefficient (Wildman–Crippen LogP) is 1.86. The van der Waals surface area contributed by atoms with Crippen LogP contribution in [0.15, 0.2) is 30.3 Å². The quantitative estimate of drug-likeness (QED) is 0.882. The van der Waals surface area contributed by atoms with E-state index in [1.807, 2.05) is 35.2 Å². The van der Waals surface area contributed by atoms with Gasteiger partial charge in [-0.05, 0) is 36.9 Å². The van der Waals surface area contributed by atoms with Gasteiger partial charge in [-0.1, -0.05) is 30.3 Å². The molecule has 0 saturated carbocycles. The number of benzene rings is 1. The fourth-order valence-electron chi connectivity index (χ4n) is 3.03. The molecule has 1 amide bonds. The van der Waals surface area contributed by atoms with Crippen molar-refractivity contribution in [2.75, 3.05) is 26.2 Å². The lowest BCUT2D eigenvalue weighted by Gasteiger charge is -2.23. The van der Waals surface area contributed by atoms with Gasteiger partial charge in [0.15, 0.2) is 0 Å². The molecule has 1 aromatic carbocycles. The Hall–Kier alpha value is -1.55. The lowest BCUT2D eigenvalue weighted by molar-refractivity contribution is 0.102. The van der Waals surface area contributed by atoms with E-state index in [4.69, 9.17) is 4.74 Å². The maximum absolute atomic E-state index is 12.0. The van der Waals surface area contributed by atoms with Crippen LogP contribution >= 0.6 is 0 Å². The van der Waals surface area contributed by atoms with E-state index in [1.54, 1.807) is 0 Å². The molecule has 0 aromatic heterocycles. The minimum Gasteiger partial charge on any atom is -0.445 e. The van der Waals surface area contributed by atoms with Crippen LogP contribution in [-0.2, 0) is 11.3 Å². The van der Waals surface area contributed by atoms with E-state index in [9.17, 15) is 4.79 Å². The number of fused-ring (bicyclic) bond motifs is 1. The average Bonchev–Trinajstić information content (AvgIpc) is 2.90. The van der Waals surface area contributed by atoms with Gasteiger partial charge in [0.2, 0.25) is 0 Å². The van der Waals surface area contributed by atoms with Crippen LogP contribution in [0.2, 0.25) is 0 Å². The first-order chi connectivity index (χ1) is 9.33. The van der Waals surface area contributed by atoms with E-state index in [-0.39, 0.29) is 6.09 Å². The summed E-state index contributed by atoms with van der Waals surface area (Å²) in [5, 5.41) is 3.39. The number of piperidine rings is 1. The van der Waals surface area contributed by atoms with Gasteiger partial charge in [-0.15, -0.1) is 0 Å². The molecule has 3 rings (SSSR count). The van der Waals surface area contributed by atoms with Crippen molar-refractivity contribution < 1.29 is 9.53 Å². The number of carbonyl (C=O) groups excluding carboxylic acids is 1. The van der Waals surface area contributed by atoms with Gasteiger partial charge in [-0.3, -0.25) is 0 Å². The smallest absolute Gasteiger partial charge is 0.410 e. The Morgan fingerprint density at radius 3 is 2.84 bits per heavy atom. The Kier molecular flexibility index (Phi) is 3.69. The first-order valence-electron chi connectivity index (χ1n) is 6.99. The summed E-state index contributed by atoms with van der Waals surface area (Å²) >= 11 is 0. The number of nitrogens with one attached hydrogen (secondary N) is 1. The van der Waals surface area contributed by atoms with Gasteiger partial charge in [0.1, 0.15) is 6.61 Å². The zero-order valence-electron chi connectivity index (χ0n) is 11.0. The molecule has 102 valence electrons. The van der Waals surface area contributed by atoms with E-state index in [1.165, 1.54) is 6.42 Å². The Bertz CT molecular complexity index is 421. The van der Waals surface area contributed by atoms with Gasteiger partial charge < -0.3 is 15.0 Å².